The first-order valence-corrected chi connectivity index (χ1v) is 8.38. The number of halogens is 1. The molecule has 0 saturated heterocycles. The molecule has 0 unspecified atom stereocenters. The highest BCUT2D eigenvalue weighted by atomic mass is 79.9. The van der Waals surface area contributed by atoms with Gasteiger partial charge in [-0.05, 0) is 42.0 Å². The van der Waals surface area contributed by atoms with Gasteiger partial charge in [0.05, 0.1) is 14.2 Å². The Morgan fingerprint density at radius 2 is 1.75 bits per heavy atom. The molecule has 0 saturated carbocycles. The van der Waals surface area contributed by atoms with Crippen molar-refractivity contribution in [2.45, 2.75) is 13.0 Å². The van der Waals surface area contributed by atoms with E-state index in [2.05, 4.69) is 26.6 Å². The number of carbonyl (C=O) groups excluding carboxylic acids is 1. The molecule has 1 amide bonds. The van der Waals surface area contributed by atoms with E-state index in [1.54, 1.807) is 14.2 Å². The summed E-state index contributed by atoms with van der Waals surface area (Å²) in [6.45, 7) is 1.25. The number of ether oxygens (including phenoxy) is 2. The van der Waals surface area contributed by atoms with Crippen LogP contribution in [0.2, 0.25) is 0 Å². The van der Waals surface area contributed by atoms with E-state index >= 15 is 0 Å². The number of benzene rings is 2. The minimum atomic E-state index is -0.0165. The number of methoxy groups -OCH3 is 2. The lowest BCUT2D eigenvalue weighted by Crippen LogP contribution is -2.21. The van der Waals surface area contributed by atoms with E-state index in [4.69, 9.17) is 9.47 Å². The van der Waals surface area contributed by atoms with Crippen molar-refractivity contribution in [1.82, 2.24) is 5.32 Å². The number of amides is 1. The van der Waals surface area contributed by atoms with Crippen LogP contribution in [0.4, 0.5) is 5.69 Å². The molecule has 0 aliphatic carbocycles. The Bertz CT molecular complexity index is 674. The quantitative estimate of drug-likeness (QED) is 0.673. The Morgan fingerprint density at radius 3 is 2.42 bits per heavy atom. The molecule has 5 nitrogen and oxygen atoms in total. The monoisotopic (exact) mass is 392 g/mol. The van der Waals surface area contributed by atoms with Crippen LogP contribution in [0.5, 0.6) is 11.5 Å². The van der Waals surface area contributed by atoms with Crippen LogP contribution in [0.25, 0.3) is 0 Å². The zero-order chi connectivity index (χ0) is 17.4. The summed E-state index contributed by atoms with van der Waals surface area (Å²) in [5.41, 5.74) is 1.86. The van der Waals surface area contributed by atoms with Crippen molar-refractivity contribution in [3.05, 3.63) is 52.5 Å². The molecule has 0 heterocycles. The van der Waals surface area contributed by atoms with Crippen molar-refractivity contribution in [2.24, 2.45) is 0 Å². The molecule has 0 aliphatic heterocycles. The third kappa shape index (κ3) is 5.54. The van der Waals surface area contributed by atoms with Crippen molar-refractivity contribution in [2.75, 3.05) is 26.1 Å². The van der Waals surface area contributed by atoms with Crippen LogP contribution in [0, 0.1) is 0 Å². The number of anilines is 1. The van der Waals surface area contributed by atoms with Crippen LogP contribution in [0.15, 0.2) is 46.9 Å². The van der Waals surface area contributed by atoms with Gasteiger partial charge in [0.25, 0.3) is 0 Å². The van der Waals surface area contributed by atoms with E-state index in [1.165, 1.54) is 0 Å². The topological polar surface area (TPSA) is 59.6 Å². The smallest absolute Gasteiger partial charge is 0.225 e. The maximum absolute atomic E-state index is 11.9. The van der Waals surface area contributed by atoms with Gasteiger partial charge in [0.2, 0.25) is 5.91 Å². The van der Waals surface area contributed by atoms with Crippen LogP contribution in [-0.4, -0.2) is 26.7 Å². The van der Waals surface area contributed by atoms with E-state index in [-0.39, 0.29) is 5.91 Å². The molecule has 0 radical (unpaired) electrons. The highest BCUT2D eigenvalue weighted by Crippen LogP contribution is 2.27. The fourth-order valence-corrected chi connectivity index (χ4v) is 2.45. The molecule has 0 spiro atoms. The van der Waals surface area contributed by atoms with E-state index in [0.717, 1.165) is 15.7 Å². The molecule has 2 aromatic rings. The number of nitrogens with one attached hydrogen (secondary N) is 2. The van der Waals surface area contributed by atoms with E-state index in [0.29, 0.717) is 31.0 Å². The molecule has 0 fully saturated rings. The minimum Gasteiger partial charge on any atom is -0.493 e. The summed E-state index contributed by atoms with van der Waals surface area (Å²) in [6.07, 6.45) is 0.406. The normalized spacial score (nSPS) is 10.3. The Morgan fingerprint density at radius 1 is 1.04 bits per heavy atom. The Balaban J connectivity index is 1.74. The van der Waals surface area contributed by atoms with E-state index < -0.39 is 0 Å². The lowest BCUT2D eigenvalue weighted by atomic mass is 10.2. The van der Waals surface area contributed by atoms with Gasteiger partial charge in [-0.1, -0.05) is 22.0 Å². The first-order chi connectivity index (χ1) is 11.6. The van der Waals surface area contributed by atoms with Gasteiger partial charge in [0.15, 0.2) is 11.5 Å². The summed E-state index contributed by atoms with van der Waals surface area (Å²) in [5, 5.41) is 6.12. The van der Waals surface area contributed by atoms with Crippen LogP contribution >= 0.6 is 15.9 Å². The van der Waals surface area contributed by atoms with Gasteiger partial charge < -0.3 is 20.1 Å². The van der Waals surface area contributed by atoms with Gasteiger partial charge in [0, 0.05) is 29.7 Å². The van der Waals surface area contributed by atoms with Crippen molar-refractivity contribution >= 4 is 27.5 Å². The van der Waals surface area contributed by atoms with Gasteiger partial charge in [-0.2, -0.15) is 0 Å². The second-order valence-corrected chi connectivity index (χ2v) is 6.09. The lowest BCUT2D eigenvalue weighted by Gasteiger charge is -2.10. The second-order valence-electron chi connectivity index (χ2n) is 5.17. The molecule has 0 aromatic heterocycles. The zero-order valence-corrected chi connectivity index (χ0v) is 15.4. The number of hydrogen-bond donors (Lipinski definition) is 2. The molecule has 2 N–H and O–H groups in total. The average Bonchev–Trinajstić information content (AvgIpc) is 2.60. The van der Waals surface area contributed by atoms with E-state index in [1.807, 2.05) is 42.5 Å². The fourth-order valence-electron chi connectivity index (χ4n) is 2.18. The largest absolute Gasteiger partial charge is 0.493 e. The highest BCUT2D eigenvalue weighted by Gasteiger charge is 2.05. The second kappa shape index (κ2) is 9.30. The van der Waals surface area contributed by atoms with Gasteiger partial charge >= 0.3 is 0 Å². The molecule has 2 rings (SSSR count). The minimum absolute atomic E-state index is 0.0165. The van der Waals surface area contributed by atoms with Crippen LogP contribution in [0.3, 0.4) is 0 Å². The molecule has 24 heavy (non-hydrogen) atoms. The Kier molecular flexibility index (Phi) is 7.08. The molecule has 2 aromatic carbocycles. The van der Waals surface area contributed by atoms with Crippen LogP contribution in [0.1, 0.15) is 12.0 Å². The van der Waals surface area contributed by atoms with Crippen molar-refractivity contribution in [3.63, 3.8) is 0 Å². The molecule has 0 aliphatic rings. The van der Waals surface area contributed by atoms with Gasteiger partial charge in [-0.15, -0.1) is 0 Å². The van der Waals surface area contributed by atoms with Crippen LogP contribution in [-0.2, 0) is 11.3 Å². The van der Waals surface area contributed by atoms with Gasteiger partial charge in [-0.3, -0.25) is 4.79 Å². The predicted molar refractivity (Wildman–Crippen MR) is 98.6 cm³/mol. The van der Waals surface area contributed by atoms with E-state index in [9.17, 15) is 4.79 Å². The summed E-state index contributed by atoms with van der Waals surface area (Å²) >= 11 is 3.36. The molecular formula is C18H21BrN2O3. The summed E-state index contributed by atoms with van der Waals surface area (Å²) in [6, 6.07) is 13.3. The first-order valence-electron chi connectivity index (χ1n) is 7.59. The molecule has 0 bridgehead atoms. The predicted octanol–water partition coefficient (Wildman–Crippen LogP) is 3.58. The van der Waals surface area contributed by atoms with Crippen molar-refractivity contribution in [3.8, 4) is 11.5 Å². The standard InChI is InChI=1S/C18H21BrN2O3/c1-23-16-8-3-13(11-17(16)24-2)12-20-10-9-18(22)21-15-6-4-14(19)5-7-15/h3-8,11,20H,9-10,12H2,1-2H3,(H,21,22). The van der Waals surface area contributed by atoms with Crippen molar-refractivity contribution < 1.29 is 14.3 Å². The van der Waals surface area contributed by atoms with Gasteiger partial charge in [0.1, 0.15) is 0 Å². The fraction of sp³-hybridized carbons (Fsp3) is 0.278. The Labute approximate surface area is 150 Å². The van der Waals surface area contributed by atoms with Crippen LogP contribution < -0.4 is 20.1 Å². The van der Waals surface area contributed by atoms with Crippen molar-refractivity contribution in [1.29, 1.82) is 0 Å². The number of rotatable bonds is 8. The third-order valence-electron chi connectivity index (χ3n) is 3.43. The lowest BCUT2D eigenvalue weighted by molar-refractivity contribution is -0.116. The molecule has 6 heteroatoms. The maximum atomic E-state index is 11.9. The summed E-state index contributed by atoms with van der Waals surface area (Å²) in [7, 11) is 3.22. The third-order valence-corrected chi connectivity index (χ3v) is 3.96. The zero-order valence-electron chi connectivity index (χ0n) is 13.8. The highest BCUT2D eigenvalue weighted by molar-refractivity contribution is 9.10. The molecule has 0 atom stereocenters. The average molecular weight is 393 g/mol. The Hall–Kier alpha value is -2.05. The molecular weight excluding hydrogens is 372 g/mol. The summed E-state index contributed by atoms with van der Waals surface area (Å²) < 4.78 is 11.5. The summed E-state index contributed by atoms with van der Waals surface area (Å²) in [5.74, 6) is 1.39. The number of carbonyl (C=O) groups is 1. The SMILES string of the molecule is COc1ccc(CNCCC(=O)Nc2ccc(Br)cc2)cc1OC. The summed E-state index contributed by atoms with van der Waals surface area (Å²) in [4.78, 5) is 11.9. The first kappa shape index (κ1) is 18.3. The number of hydrogen-bond acceptors (Lipinski definition) is 4. The maximum Gasteiger partial charge on any atom is 0.225 e. The van der Waals surface area contributed by atoms with Gasteiger partial charge in [-0.25, -0.2) is 0 Å². The molecule has 128 valence electrons.